The largest absolute Gasteiger partial charge is 0.388 e. The molecule has 0 bridgehead atoms. The molecule has 0 aliphatic heterocycles. The number of carbonyl (C=O) groups excluding carboxylic acids is 2. The molecule has 1 atom stereocenters. The molecule has 0 heterocycles. The van der Waals surface area contributed by atoms with Crippen LogP contribution in [0.3, 0.4) is 0 Å². The van der Waals surface area contributed by atoms with Crippen LogP contribution in [0.4, 0.5) is 4.39 Å². The van der Waals surface area contributed by atoms with Crippen molar-refractivity contribution in [3.05, 3.63) is 70.0 Å². The molecule has 5 nitrogen and oxygen atoms in total. The van der Waals surface area contributed by atoms with Crippen LogP contribution in [0.5, 0.6) is 0 Å². The lowest BCUT2D eigenvalue weighted by Gasteiger charge is -2.31. The lowest BCUT2D eigenvalue weighted by atomic mass is 10.1. The number of carbonyl (C=O) groups is 2. The minimum atomic E-state index is -1.37. The minimum Gasteiger partial charge on any atom is -0.221 e. The topological polar surface area (TPSA) is 70.0 Å². The van der Waals surface area contributed by atoms with Crippen LogP contribution in [0.25, 0.3) is 0 Å². The molecule has 0 radical (unpaired) electrons. The second-order valence-corrected chi connectivity index (χ2v) is 7.57. The zero-order valence-electron chi connectivity index (χ0n) is 15.5. The SMILES string of the molecule is Cc1c(Cl)cccc1C(=O)[N+](C#N)(NC(C)(C)C)C(=O)c1cccc(F)c1. The van der Waals surface area contributed by atoms with Gasteiger partial charge in [0.2, 0.25) is 0 Å². The molecule has 2 aromatic rings. The fourth-order valence-electron chi connectivity index (χ4n) is 2.65. The number of imide groups is 1. The van der Waals surface area contributed by atoms with Crippen molar-refractivity contribution in [2.24, 2.45) is 0 Å². The van der Waals surface area contributed by atoms with Gasteiger partial charge in [-0.25, -0.2) is 14.0 Å². The average Bonchev–Trinajstić information content (AvgIpc) is 2.60. The number of rotatable bonds is 3. The Hall–Kier alpha value is -2.59. The first kappa shape index (κ1) is 20.7. The first-order valence-corrected chi connectivity index (χ1v) is 8.60. The first-order chi connectivity index (χ1) is 12.5. The van der Waals surface area contributed by atoms with Gasteiger partial charge < -0.3 is 0 Å². The third kappa shape index (κ3) is 4.22. The summed E-state index contributed by atoms with van der Waals surface area (Å²) >= 11 is 6.10. The second-order valence-electron chi connectivity index (χ2n) is 7.17. The molecule has 1 N–H and O–H groups in total. The van der Waals surface area contributed by atoms with Gasteiger partial charge in [-0.1, -0.05) is 23.7 Å². The van der Waals surface area contributed by atoms with Gasteiger partial charge >= 0.3 is 18.0 Å². The molecule has 0 aromatic heterocycles. The summed E-state index contributed by atoms with van der Waals surface area (Å²) < 4.78 is 12.3. The molecular weight excluding hydrogens is 369 g/mol. The Bertz CT molecular complexity index is 947. The van der Waals surface area contributed by atoms with Gasteiger partial charge in [0, 0.05) is 5.02 Å². The van der Waals surface area contributed by atoms with Gasteiger partial charge in [-0.2, -0.15) is 0 Å². The van der Waals surface area contributed by atoms with Crippen molar-refractivity contribution in [3.8, 4) is 6.19 Å². The van der Waals surface area contributed by atoms with Crippen molar-refractivity contribution in [1.82, 2.24) is 5.43 Å². The van der Waals surface area contributed by atoms with Gasteiger partial charge in [0.15, 0.2) is 0 Å². The zero-order chi connectivity index (χ0) is 20.4. The molecule has 2 amide bonds. The summed E-state index contributed by atoms with van der Waals surface area (Å²) in [5.74, 6) is -2.31. The number of nitrogens with one attached hydrogen (secondary N) is 1. The van der Waals surface area contributed by atoms with Gasteiger partial charge in [-0.15, -0.1) is 10.7 Å². The van der Waals surface area contributed by atoms with Crippen LogP contribution >= 0.6 is 11.6 Å². The first-order valence-electron chi connectivity index (χ1n) is 8.22. The van der Waals surface area contributed by atoms with Crippen LogP contribution in [0.15, 0.2) is 42.5 Å². The fourth-order valence-corrected chi connectivity index (χ4v) is 2.82. The van der Waals surface area contributed by atoms with E-state index in [9.17, 15) is 19.2 Å². The molecule has 2 aromatic carbocycles. The Morgan fingerprint density at radius 2 is 1.78 bits per heavy atom. The Labute approximate surface area is 162 Å². The van der Waals surface area contributed by atoms with E-state index in [1.54, 1.807) is 46.0 Å². The normalized spacial score (nSPS) is 13.5. The van der Waals surface area contributed by atoms with E-state index in [1.165, 1.54) is 24.3 Å². The van der Waals surface area contributed by atoms with E-state index in [4.69, 9.17) is 11.6 Å². The summed E-state index contributed by atoms with van der Waals surface area (Å²) in [4.78, 5) is 26.6. The quantitative estimate of drug-likeness (QED) is 0.367. The van der Waals surface area contributed by atoms with Gasteiger partial charge in [0.25, 0.3) is 0 Å². The number of hydrogen-bond donors (Lipinski definition) is 1. The van der Waals surface area contributed by atoms with Crippen molar-refractivity contribution < 1.29 is 18.6 Å². The van der Waals surface area contributed by atoms with Gasteiger partial charge in [-0.05, 0) is 68.2 Å². The maximum Gasteiger partial charge on any atom is 0.388 e. The highest BCUT2D eigenvalue weighted by molar-refractivity contribution is 6.31. The molecule has 7 heteroatoms. The summed E-state index contributed by atoms with van der Waals surface area (Å²) in [5.41, 5.74) is 2.50. The molecule has 1 unspecified atom stereocenters. The lowest BCUT2D eigenvalue weighted by molar-refractivity contribution is -0.755. The molecular formula is C20H20ClFN3O2+. The summed E-state index contributed by atoms with van der Waals surface area (Å²) in [5, 5.41) is 10.3. The number of amides is 2. The fraction of sp³-hybridized carbons (Fsp3) is 0.250. The number of halogens is 2. The van der Waals surface area contributed by atoms with Crippen LogP contribution in [0.2, 0.25) is 5.02 Å². The molecule has 0 spiro atoms. The average molecular weight is 389 g/mol. The zero-order valence-corrected chi connectivity index (χ0v) is 16.3. The molecule has 0 aliphatic rings. The van der Waals surface area contributed by atoms with Gasteiger partial charge in [-0.3, -0.25) is 0 Å². The smallest absolute Gasteiger partial charge is 0.221 e. The van der Waals surface area contributed by atoms with E-state index in [-0.39, 0.29) is 11.1 Å². The molecule has 0 saturated heterocycles. The van der Waals surface area contributed by atoms with Crippen molar-refractivity contribution in [2.75, 3.05) is 0 Å². The van der Waals surface area contributed by atoms with E-state index in [0.29, 0.717) is 10.6 Å². The maximum absolute atomic E-state index is 13.6. The number of benzene rings is 2. The third-order valence-electron chi connectivity index (χ3n) is 3.83. The van der Waals surface area contributed by atoms with E-state index in [2.05, 4.69) is 5.43 Å². The van der Waals surface area contributed by atoms with Gasteiger partial charge in [0.1, 0.15) is 5.82 Å². The van der Waals surface area contributed by atoms with Crippen LogP contribution in [0, 0.1) is 24.2 Å². The van der Waals surface area contributed by atoms with Gasteiger partial charge in [0.05, 0.1) is 16.7 Å². The Balaban J connectivity index is 2.70. The van der Waals surface area contributed by atoms with E-state index < -0.39 is 27.8 Å². The minimum absolute atomic E-state index is 0.0960. The highest BCUT2D eigenvalue weighted by Gasteiger charge is 2.51. The maximum atomic E-state index is 13.6. The number of quaternary nitrogens is 1. The Morgan fingerprint density at radius 1 is 1.15 bits per heavy atom. The lowest BCUT2D eigenvalue weighted by Crippen LogP contribution is -2.67. The molecule has 2 rings (SSSR count). The molecule has 0 saturated carbocycles. The summed E-state index contributed by atoms with van der Waals surface area (Å²) in [6, 6.07) is 9.56. The third-order valence-corrected chi connectivity index (χ3v) is 4.24. The van der Waals surface area contributed by atoms with Crippen LogP contribution in [-0.4, -0.2) is 21.9 Å². The van der Waals surface area contributed by atoms with Crippen molar-refractivity contribution in [3.63, 3.8) is 0 Å². The number of nitriles is 1. The Morgan fingerprint density at radius 3 is 2.33 bits per heavy atom. The predicted octanol–water partition coefficient (Wildman–Crippen LogP) is 4.37. The number of hydrogen-bond acceptors (Lipinski definition) is 4. The monoisotopic (exact) mass is 388 g/mol. The Kier molecular flexibility index (Phi) is 5.81. The summed E-state index contributed by atoms with van der Waals surface area (Å²) in [6.45, 7) is 6.78. The van der Waals surface area contributed by atoms with Crippen molar-refractivity contribution in [1.29, 1.82) is 5.26 Å². The molecule has 0 fully saturated rings. The molecule has 140 valence electrons. The van der Waals surface area contributed by atoms with Crippen LogP contribution in [-0.2, 0) is 0 Å². The van der Waals surface area contributed by atoms with Crippen LogP contribution in [0.1, 0.15) is 47.1 Å². The predicted molar refractivity (Wildman–Crippen MR) is 100 cm³/mol. The highest BCUT2D eigenvalue weighted by atomic mass is 35.5. The van der Waals surface area contributed by atoms with E-state index in [1.807, 2.05) is 0 Å². The number of nitrogens with zero attached hydrogens (tertiary/aromatic N) is 2. The van der Waals surface area contributed by atoms with E-state index in [0.717, 1.165) is 6.07 Å². The van der Waals surface area contributed by atoms with Crippen molar-refractivity contribution >= 4 is 23.4 Å². The highest BCUT2D eigenvalue weighted by Crippen LogP contribution is 2.25. The molecule has 0 aliphatic carbocycles. The standard InChI is InChI=1S/C20H20ClFN3O2/c1-13-16(9-6-10-17(13)21)19(27)25(12-23,24-20(2,3)4)18(26)14-7-5-8-15(22)11-14/h5-11,24H,1-4H3/q+1. The van der Waals surface area contributed by atoms with Crippen LogP contribution < -0.4 is 5.43 Å². The summed E-state index contributed by atoms with van der Waals surface area (Å²) in [7, 11) is 0. The molecule has 27 heavy (non-hydrogen) atoms. The van der Waals surface area contributed by atoms with Crippen molar-refractivity contribution in [2.45, 2.75) is 33.2 Å². The van der Waals surface area contributed by atoms with E-state index >= 15 is 0 Å². The second kappa shape index (κ2) is 7.57. The summed E-state index contributed by atoms with van der Waals surface area (Å²) in [6.07, 6.45) is 1.80.